The van der Waals surface area contributed by atoms with E-state index in [1.54, 1.807) is 0 Å². The smallest absolute Gasteiger partial charge is 0.125 e. The van der Waals surface area contributed by atoms with Gasteiger partial charge in [-0.05, 0) is 0 Å². The molecule has 0 saturated carbocycles. The summed E-state index contributed by atoms with van der Waals surface area (Å²) >= 11 is 0. The molecule has 0 radical (unpaired) electrons. The van der Waals surface area contributed by atoms with Gasteiger partial charge in [0.25, 0.3) is 0 Å². The van der Waals surface area contributed by atoms with Crippen LogP contribution in [0.1, 0.15) is 0 Å². The SMILES string of the molecule is C1=COC=CO1.[Hg]. The van der Waals surface area contributed by atoms with Gasteiger partial charge in [0.2, 0.25) is 0 Å². The number of hydrogen-bond acceptors (Lipinski definition) is 2. The largest absolute Gasteiger partial charge is 0.466 e. The van der Waals surface area contributed by atoms with Crippen LogP contribution in [-0.4, -0.2) is 0 Å². The minimum atomic E-state index is 0. The fraction of sp³-hybridized carbons (Fsp3) is 0. The van der Waals surface area contributed by atoms with Crippen LogP contribution in [0.15, 0.2) is 25.0 Å². The summed E-state index contributed by atoms with van der Waals surface area (Å²) in [6.07, 6.45) is 5.83. The summed E-state index contributed by atoms with van der Waals surface area (Å²) in [5, 5.41) is 0. The molecule has 1 rings (SSSR count). The van der Waals surface area contributed by atoms with Crippen LogP contribution in [0.5, 0.6) is 0 Å². The molecule has 0 spiro atoms. The van der Waals surface area contributed by atoms with E-state index in [9.17, 15) is 0 Å². The Bertz CT molecular complexity index is 67.7. The fourth-order valence-corrected chi connectivity index (χ4v) is 0.219. The van der Waals surface area contributed by atoms with Crippen LogP contribution in [0.4, 0.5) is 0 Å². The van der Waals surface area contributed by atoms with Gasteiger partial charge >= 0.3 is 0 Å². The maximum atomic E-state index is 4.58. The first-order chi connectivity index (χ1) is 3.00. The molecule has 7 heavy (non-hydrogen) atoms. The molecule has 0 aliphatic carbocycles. The minimum absolute atomic E-state index is 0. The molecule has 3 heteroatoms. The van der Waals surface area contributed by atoms with E-state index in [4.69, 9.17) is 0 Å². The van der Waals surface area contributed by atoms with Gasteiger partial charge < -0.3 is 9.47 Å². The predicted molar refractivity (Wildman–Crippen MR) is 20.4 cm³/mol. The third-order valence-electron chi connectivity index (χ3n) is 0.425. The van der Waals surface area contributed by atoms with Crippen LogP contribution < -0.4 is 0 Å². The first-order valence-corrected chi connectivity index (χ1v) is 1.61. The second-order valence-corrected chi connectivity index (χ2v) is 0.816. The van der Waals surface area contributed by atoms with Crippen molar-refractivity contribution in [3.63, 3.8) is 0 Å². The zero-order chi connectivity index (χ0) is 4.24. The van der Waals surface area contributed by atoms with Crippen LogP contribution in [-0.2, 0) is 37.1 Å². The van der Waals surface area contributed by atoms with Crippen LogP contribution >= 0.6 is 0 Å². The van der Waals surface area contributed by atoms with Gasteiger partial charge in [0.05, 0.1) is 0 Å². The van der Waals surface area contributed by atoms with Crippen molar-refractivity contribution in [3.8, 4) is 0 Å². The molecule has 1 heterocycles. The van der Waals surface area contributed by atoms with E-state index in [0.717, 1.165) is 0 Å². The quantitative estimate of drug-likeness (QED) is 0.617. The van der Waals surface area contributed by atoms with E-state index in [-0.39, 0.29) is 27.7 Å². The molecule has 1 aliphatic rings. The summed E-state index contributed by atoms with van der Waals surface area (Å²) < 4.78 is 9.17. The maximum Gasteiger partial charge on any atom is 0.125 e. The molecule has 0 N–H and O–H groups in total. The predicted octanol–water partition coefficient (Wildman–Crippen LogP) is 0.973. The fourth-order valence-electron chi connectivity index (χ4n) is 0.219. The Hall–Kier alpha value is 0.0151. The molecule has 34 valence electrons. The monoisotopic (exact) mass is 286 g/mol. The Kier molecular flexibility index (Phi) is 4.19. The molecule has 0 aromatic heterocycles. The van der Waals surface area contributed by atoms with Crippen LogP contribution in [0.3, 0.4) is 0 Å². The van der Waals surface area contributed by atoms with Crippen molar-refractivity contribution in [1.82, 2.24) is 0 Å². The van der Waals surface area contributed by atoms with Crippen molar-refractivity contribution >= 4 is 0 Å². The van der Waals surface area contributed by atoms with Gasteiger partial charge in [-0.3, -0.25) is 0 Å². The molecule has 0 aromatic carbocycles. The Labute approximate surface area is 62.3 Å². The molecule has 1 aliphatic heterocycles. The van der Waals surface area contributed by atoms with E-state index in [0.29, 0.717) is 0 Å². The summed E-state index contributed by atoms with van der Waals surface area (Å²) in [6, 6.07) is 0. The molecule has 0 saturated heterocycles. The third kappa shape index (κ3) is 2.68. The molecule has 0 aromatic rings. The Balaban J connectivity index is 0.000000360. The summed E-state index contributed by atoms with van der Waals surface area (Å²) in [5.41, 5.74) is 0. The molecule has 2 nitrogen and oxygen atoms in total. The average molecular weight is 285 g/mol. The van der Waals surface area contributed by atoms with Gasteiger partial charge in [-0.2, -0.15) is 0 Å². The van der Waals surface area contributed by atoms with E-state index >= 15 is 0 Å². The van der Waals surface area contributed by atoms with Gasteiger partial charge in [0, 0.05) is 27.7 Å². The van der Waals surface area contributed by atoms with Gasteiger partial charge in [0.15, 0.2) is 0 Å². The summed E-state index contributed by atoms with van der Waals surface area (Å²) in [6.45, 7) is 0. The van der Waals surface area contributed by atoms with Crippen molar-refractivity contribution in [2.75, 3.05) is 0 Å². The summed E-state index contributed by atoms with van der Waals surface area (Å²) in [4.78, 5) is 0. The van der Waals surface area contributed by atoms with Crippen molar-refractivity contribution in [3.05, 3.63) is 25.0 Å². The second kappa shape index (κ2) is 4.18. The van der Waals surface area contributed by atoms with Crippen LogP contribution in [0.2, 0.25) is 0 Å². The topological polar surface area (TPSA) is 18.5 Å². The summed E-state index contributed by atoms with van der Waals surface area (Å²) in [5.74, 6) is 0. The number of hydrogen-bond donors (Lipinski definition) is 0. The Morgan fingerprint density at radius 1 is 0.714 bits per heavy atom. The zero-order valence-corrected chi connectivity index (χ0v) is 9.33. The second-order valence-electron chi connectivity index (χ2n) is 0.816. The molecule has 0 unspecified atom stereocenters. The molecular weight excluding hydrogens is 281 g/mol. The zero-order valence-electron chi connectivity index (χ0n) is 3.83. The molecule has 0 fully saturated rings. The minimum Gasteiger partial charge on any atom is -0.466 e. The van der Waals surface area contributed by atoms with Crippen LogP contribution in [0, 0.1) is 0 Å². The third-order valence-corrected chi connectivity index (χ3v) is 0.425. The van der Waals surface area contributed by atoms with E-state index < -0.39 is 0 Å². The molecule has 0 atom stereocenters. The maximum absolute atomic E-state index is 4.58. The van der Waals surface area contributed by atoms with E-state index in [2.05, 4.69) is 9.47 Å². The van der Waals surface area contributed by atoms with Crippen molar-refractivity contribution in [2.24, 2.45) is 0 Å². The van der Waals surface area contributed by atoms with Gasteiger partial charge in [-0.1, -0.05) is 0 Å². The van der Waals surface area contributed by atoms with Crippen molar-refractivity contribution in [2.45, 2.75) is 0 Å². The number of rotatable bonds is 0. The number of ether oxygens (including phenoxy) is 2. The first kappa shape index (κ1) is 7.02. The van der Waals surface area contributed by atoms with E-state index in [1.165, 1.54) is 25.0 Å². The first-order valence-electron chi connectivity index (χ1n) is 1.61. The Morgan fingerprint density at radius 3 is 1.14 bits per heavy atom. The normalized spacial score (nSPS) is 13.7. The Morgan fingerprint density at radius 2 is 1.00 bits per heavy atom. The molecule has 0 bridgehead atoms. The average Bonchev–Trinajstić information content (AvgIpc) is 1.72. The van der Waals surface area contributed by atoms with E-state index in [1.807, 2.05) is 0 Å². The van der Waals surface area contributed by atoms with Gasteiger partial charge in [-0.25, -0.2) is 0 Å². The standard InChI is InChI=1S/C4H4O2.Hg/c1-2-6-4-3-5-1;/h1-4H;. The summed E-state index contributed by atoms with van der Waals surface area (Å²) in [7, 11) is 0. The molecule has 0 amide bonds. The van der Waals surface area contributed by atoms with Gasteiger partial charge in [-0.15, -0.1) is 0 Å². The van der Waals surface area contributed by atoms with Gasteiger partial charge in [0.1, 0.15) is 25.0 Å². The van der Waals surface area contributed by atoms with Crippen LogP contribution in [0.25, 0.3) is 0 Å². The molecular formula is C4H4HgO2. The van der Waals surface area contributed by atoms with Crippen molar-refractivity contribution < 1.29 is 37.1 Å². The van der Waals surface area contributed by atoms with Crippen molar-refractivity contribution in [1.29, 1.82) is 0 Å².